The van der Waals surface area contributed by atoms with Gasteiger partial charge >= 0.3 is 0 Å². The van der Waals surface area contributed by atoms with Crippen molar-refractivity contribution in [1.29, 1.82) is 0 Å². The van der Waals surface area contributed by atoms with Crippen molar-refractivity contribution in [3.05, 3.63) is 157 Å². The van der Waals surface area contributed by atoms with Gasteiger partial charge in [-0.15, -0.1) is 0 Å². The van der Waals surface area contributed by atoms with Crippen LogP contribution in [0.2, 0.25) is 0 Å². The number of para-hydroxylation sites is 4. The first kappa shape index (κ1) is 25.2. The average Bonchev–Trinajstić information content (AvgIpc) is 3.09. The van der Waals surface area contributed by atoms with E-state index in [1.807, 2.05) is 82.8 Å². The van der Waals surface area contributed by atoms with Crippen molar-refractivity contribution in [3.8, 4) is 0 Å². The van der Waals surface area contributed by atoms with Gasteiger partial charge in [-0.1, -0.05) is 97.1 Å². The molecule has 0 amide bonds. The molecule has 0 unspecified atom stereocenters. The van der Waals surface area contributed by atoms with Crippen LogP contribution in [-0.4, -0.2) is 25.0 Å². The maximum absolute atomic E-state index is 4.98. The summed E-state index contributed by atoms with van der Waals surface area (Å²) in [5.41, 5.74) is 13.2. The smallest absolute Gasteiger partial charge is 0.172 e. The molecule has 0 fully saturated rings. The molecule has 0 aliphatic carbocycles. The van der Waals surface area contributed by atoms with E-state index in [1.165, 1.54) is 0 Å². The minimum atomic E-state index is 0.570. The molecule has 0 saturated heterocycles. The second-order valence-corrected chi connectivity index (χ2v) is 9.98. The molecule has 0 radical (unpaired) electrons. The standard InChI is InChI=1S/C34H30N8/c1-5-13-29(14-6-1)39-25-40(30-15-7-2-8-16-30)36-33(35-39)27-21-23-28(24-22-27)34-37-41(31-17-9-3-10-18-31)26-42(38-34)32-19-11-4-12-20-32/h1-24H,25-26H2,(H,35,36)(H,37,38). The zero-order valence-corrected chi connectivity index (χ0v) is 23.0. The lowest BCUT2D eigenvalue weighted by molar-refractivity contribution is 0.678. The third-order valence-corrected chi connectivity index (χ3v) is 7.15. The zero-order valence-electron chi connectivity index (χ0n) is 23.0. The molecule has 2 N–H and O–H groups in total. The minimum Gasteiger partial charge on any atom is -0.278 e. The van der Waals surface area contributed by atoms with E-state index in [2.05, 4.69) is 93.7 Å². The van der Waals surface area contributed by atoms with E-state index in [4.69, 9.17) is 10.2 Å². The highest BCUT2D eigenvalue weighted by molar-refractivity contribution is 6.04. The van der Waals surface area contributed by atoms with Crippen molar-refractivity contribution < 1.29 is 0 Å². The van der Waals surface area contributed by atoms with Crippen molar-refractivity contribution in [2.45, 2.75) is 0 Å². The molecule has 0 aromatic heterocycles. The highest BCUT2D eigenvalue weighted by Crippen LogP contribution is 2.24. The summed E-state index contributed by atoms with van der Waals surface area (Å²) in [6.45, 7) is 1.14. The zero-order chi connectivity index (χ0) is 28.1. The number of hydrazone groups is 2. The Kier molecular flexibility index (Phi) is 6.84. The molecule has 8 heteroatoms. The second kappa shape index (κ2) is 11.4. The van der Waals surface area contributed by atoms with Crippen LogP contribution in [0.3, 0.4) is 0 Å². The summed E-state index contributed by atoms with van der Waals surface area (Å²) in [5.74, 6) is 1.52. The minimum absolute atomic E-state index is 0.570. The maximum atomic E-state index is 4.98. The fourth-order valence-electron chi connectivity index (χ4n) is 4.96. The predicted octanol–water partition coefficient (Wildman–Crippen LogP) is 5.99. The maximum Gasteiger partial charge on any atom is 0.172 e. The monoisotopic (exact) mass is 550 g/mol. The molecule has 0 saturated carbocycles. The molecule has 2 aliphatic heterocycles. The number of hydrazine groups is 2. The van der Waals surface area contributed by atoms with E-state index >= 15 is 0 Å². The van der Waals surface area contributed by atoms with Gasteiger partial charge in [0.25, 0.3) is 0 Å². The molecule has 42 heavy (non-hydrogen) atoms. The topological polar surface area (TPSA) is 61.7 Å². The number of benzene rings is 5. The highest BCUT2D eigenvalue weighted by Gasteiger charge is 2.24. The quantitative estimate of drug-likeness (QED) is 0.271. The van der Waals surface area contributed by atoms with E-state index in [-0.39, 0.29) is 0 Å². The first-order valence-electron chi connectivity index (χ1n) is 13.9. The Morgan fingerprint density at radius 3 is 1.02 bits per heavy atom. The summed E-state index contributed by atoms with van der Waals surface area (Å²) >= 11 is 0. The Hall–Kier alpha value is -5.76. The molecular formula is C34H30N8. The third-order valence-electron chi connectivity index (χ3n) is 7.15. The molecule has 0 bridgehead atoms. The van der Waals surface area contributed by atoms with Gasteiger partial charge in [-0.05, 0) is 48.5 Å². The fourth-order valence-corrected chi connectivity index (χ4v) is 4.96. The van der Waals surface area contributed by atoms with Gasteiger partial charge in [0.05, 0.1) is 22.7 Å². The summed E-state index contributed by atoms with van der Waals surface area (Å²) in [4.78, 5) is 0. The molecular weight excluding hydrogens is 520 g/mol. The lowest BCUT2D eigenvalue weighted by atomic mass is 10.1. The Balaban J connectivity index is 1.20. The van der Waals surface area contributed by atoms with Crippen molar-refractivity contribution in [1.82, 2.24) is 10.9 Å². The summed E-state index contributed by atoms with van der Waals surface area (Å²) < 4.78 is 0. The van der Waals surface area contributed by atoms with Crippen LogP contribution in [0.15, 0.2) is 156 Å². The number of hydrogen-bond acceptors (Lipinski definition) is 8. The van der Waals surface area contributed by atoms with Gasteiger partial charge in [-0.2, -0.15) is 10.2 Å². The Labute approximate surface area is 245 Å². The van der Waals surface area contributed by atoms with Gasteiger partial charge in [-0.25, -0.2) is 10.0 Å². The van der Waals surface area contributed by atoms with Crippen LogP contribution in [-0.2, 0) is 0 Å². The number of amidine groups is 2. The second-order valence-electron chi connectivity index (χ2n) is 9.98. The largest absolute Gasteiger partial charge is 0.278 e. The van der Waals surface area contributed by atoms with Gasteiger partial charge in [0.2, 0.25) is 0 Å². The van der Waals surface area contributed by atoms with Gasteiger partial charge in [0.15, 0.2) is 11.7 Å². The van der Waals surface area contributed by atoms with Crippen LogP contribution in [0.25, 0.3) is 0 Å². The van der Waals surface area contributed by atoms with Gasteiger partial charge in [-0.3, -0.25) is 20.9 Å². The fraction of sp³-hybridized carbons (Fsp3) is 0.0588. The Morgan fingerprint density at radius 1 is 0.381 bits per heavy atom. The molecule has 5 aromatic rings. The first-order valence-corrected chi connectivity index (χ1v) is 13.9. The van der Waals surface area contributed by atoms with Crippen molar-refractivity contribution in [2.24, 2.45) is 10.2 Å². The molecule has 8 nitrogen and oxygen atoms in total. The number of rotatable bonds is 6. The van der Waals surface area contributed by atoms with Crippen LogP contribution in [0.4, 0.5) is 22.7 Å². The van der Waals surface area contributed by atoms with E-state index in [1.54, 1.807) is 0 Å². The predicted molar refractivity (Wildman–Crippen MR) is 171 cm³/mol. The lowest BCUT2D eigenvalue weighted by Gasteiger charge is -2.37. The molecule has 0 atom stereocenters. The third kappa shape index (κ3) is 5.33. The van der Waals surface area contributed by atoms with E-state index < -0.39 is 0 Å². The summed E-state index contributed by atoms with van der Waals surface area (Å²) in [5, 5.41) is 18.2. The van der Waals surface area contributed by atoms with Gasteiger partial charge < -0.3 is 0 Å². The Morgan fingerprint density at radius 2 is 0.690 bits per heavy atom. The molecule has 5 aromatic carbocycles. The SMILES string of the molecule is c1ccc(N2CN(c3ccccc3)NC(c3ccc(C4=NN(c5ccccc5)CN(c5ccccc5)N4)cc3)=N2)cc1. The van der Waals surface area contributed by atoms with Crippen LogP contribution in [0.1, 0.15) is 11.1 Å². The molecule has 2 aliphatic rings. The summed E-state index contributed by atoms with van der Waals surface area (Å²) in [7, 11) is 0. The summed E-state index contributed by atoms with van der Waals surface area (Å²) in [6, 6.07) is 49.3. The molecule has 0 spiro atoms. The van der Waals surface area contributed by atoms with Crippen molar-refractivity contribution in [3.63, 3.8) is 0 Å². The molecule has 7 rings (SSSR count). The highest BCUT2D eigenvalue weighted by atomic mass is 15.7. The number of nitrogens with zero attached hydrogens (tertiary/aromatic N) is 6. The Bertz CT molecular complexity index is 1550. The van der Waals surface area contributed by atoms with Crippen molar-refractivity contribution in [2.75, 3.05) is 33.4 Å². The van der Waals surface area contributed by atoms with Gasteiger partial charge in [0, 0.05) is 11.1 Å². The normalized spacial score (nSPS) is 15.0. The molecule has 206 valence electrons. The van der Waals surface area contributed by atoms with Crippen LogP contribution in [0, 0.1) is 0 Å². The van der Waals surface area contributed by atoms with Crippen LogP contribution < -0.4 is 30.9 Å². The lowest BCUT2D eigenvalue weighted by Crippen LogP contribution is -2.53. The van der Waals surface area contributed by atoms with Gasteiger partial charge in [0.1, 0.15) is 13.3 Å². The average molecular weight is 551 g/mol. The summed E-state index contributed by atoms with van der Waals surface area (Å²) in [6.07, 6.45) is 0. The van der Waals surface area contributed by atoms with Crippen LogP contribution in [0.5, 0.6) is 0 Å². The van der Waals surface area contributed by atoms with Crippen molar-refractivity contribution >= 4 is 34.4 Å². The molecule has 2 heterocycles. The van der Waals surface area contributed by atoms with E-state index in [9.17, 15) is 0 Å². The first-order chi connectivity index (χ1) is 20.8. The number of anilines is 4. The van der Waals surface area contributed by atoms with E-state index in [0.29, 0.717) is 13.3 Å². The van der Waals surface area contributed by atoms with Crippen LogP contribution >= 0.6 is 0 Å². The number of nitrogens with one attached hydrogen (secondary N) is 2. The number of hydrogen-bond donors (Lipinski definition) is 2. The van der Waals surface area contributed by atoms with E-state index in [0.717, 1.165) is 45.5 Å².